The van der Waals surface area contributed by atoms with Crippen LogP contribution in [0.5, 0.6) is 0 Å². The van der Waals surface area contributed by atoms with E-state index in [1.54, 1.807) is 24.4 Å². The van der Waals surface area contributed by atoms with Gasteiger partial charge in [0.1, 0.15) is 0 Å². The summed E-state index contributed by atoms with van der Waals surface area (Å²) >= 11 is 3.53. The van der Waals surface area contributed by atoms with Crippen LogP contribution >= 0.6 is 15.9 Å². The van der Waals surface area contributed by atoms with Crippen molar-refractivity contribution >= 4 is 36.7 Å². The molecule has 1 aromatic heterocycles. The number of halogens is 1. The summed E-state index contributed by atoms with van der Waals surface area (Å²) in [5.41, 5.74) is 3.66. The van der Waals surface area contributed by atoms with E-state index >= 15 is 0 Å². The number of aryl methyl sites for hydroxylation is 1. The van der Waals surface area contributed by atoms with E-state index in [1.165, 1.54) is 6.26 Å². The first kappa shape index (κ1) is 23.0. The van der Waals surface area contributed by atoms with Crippen molar-refractivity contribution in [3.8, 4) is 11.8 Å². The maximum absolute atomic E-state index is 12.3. The van der Waals surface area contributed by atoms with Gasteiger partial charge < -0.3 is 4.57 Å². The Labute approximate surface area is 202 Å². The maximum Gasteiger partial charge on any atom is 0.189 e. The Hall–Kier alpha value is -3.14. The van der Waals surface area contributed by atoms with Crippen LogP contribution < -0.4 is 5.43 Å². The molecule has 0 bridgehead atoms. The van der Waals surface area contributed by atoms with Crippen molar-refractivity contribution in [2.45, 2.75) is 17.2 Å². The van der Waals surface area contributed by atoms with Gasteiger partial charge in [-0.1, -0.05) is 52.0 Å². The first-order valence-electron chi connectivity index (χ1n) is 10.4. The summed E-state index contributed by atoms with van der Waals surface area (Å²) in [6.45, 7) is 0. The second-order valence-electron chi connectivity index (χ2n) is 8.02. The number of benzene rings is 3. The smallest absolute Gasteiger partial charge is 0.189 e. The number of hydrogen-bond donors (Lipinski definition) is 0. The van der Waals surface area contributed by atoms with Crippen molar-refractivity contribution in [2.75, 3.05) is 6.26 Å². The summed E-state index contributed by atoms with van der Waals surface area (Å²) < 4.78 is 26.4. The average molecular weight is 520 g/mol. The fourth-order valence-corrected chi connectivity index (χ4v) is 4.77. The Morgan fingerprint density at radius 2 is 1.76 bits per heavy atom. The molecule has 4 rings (SSSR count). The van der Waals surface area contributed by atoms with Crippen LogP contribution in [0.3, 0.4) is 0 Å². The van der Waals surface area contributed by atoms with Gasteiger partial charge in [0.15, 0.2) is 15.3 Å². The molecule has 6 heteroatoms. The van der Waals surface area contributed by atoms with Crippen LogP contribution in [0.15, 0.2) is 93.2 Å². The SMILES string of the molecule is Cn1ccc(=O)c2cc(C#CC(Cc3ccc(S(C)(=O)=O)cc3)c3cccc(Br)c3)ccc21. The largest absolute Gasteiger partial charge is 0.350 e. The van der Waals surface area contributed by atoms with E-state index in [4.69, 9.17) is 0 Å². The highest BCUT2D eigenvalue weighted by atomic mass is 79.9. The predicted octanol–water partition coefficient (Wildman–Crippen LogP) is 5.08. The number of pyridine rings is 1. The first-order chi connectivity index (χ1) is 15.7. The van der Waals surface area contributed by atoms with Crippen molar-refractivity contribution in [1.82, 2.24) is 4.57 Å². The van der Waals surface area contributed by atoms with Gasteiger partial charge >= 0.3 is 0 Å². The molecule has 0 saturated carbocycles. The molecule has 0 fully saturated rings. The van der Waals surface area contributed by atoms with E-state index in [9.17, 15) is 13.2 Å². The summed E-state index contributed by atoms with van der Waals surface area (Å²) in [4.78, 5) is 12.6. The second-order valence-corrected chi connectivity index (χ2v) is 11.0. The second kappa shape index (κ2) is 9.38. The molecule has 1 heterocycles. The molecule has 33 heavy (non-hydrogen) atoms. The predicted molar refractivity (Wildman–Crippen MR) is 136 cm³/mol. The van der Waals surface area contributed by atoms with E-state index in [-0.39, 0.29) is 11.3 Å². The lowest BCUT2D eigenvalue weighted by Gasteiger charge is -2.12. The van der Waals surface area contributed by atoms with Crippen molar-refractivity contribution in [3.63, 3.8) is 0 Å². The molecule has 1 unspecified atom stereocenters. The molecule has 1 atom stereocenters. The molecule has 0 aliphatic carbocycles. The van der Waals surface area contributed by atoms with E-state index < -0.39 is 9.84 Å². The van der Waals surface area contributed by atoms with Gasteiger partial charge in [0, 0.05) is 46.9 Å². The van der Waals surface area contributed by atoms with Gasteiger partial charge in [-0.25, -0.2) is 8.42 Å². The Bertz CT molecular complexity index is 1560. The molecule has 4 aromatic rings. The molecule has 0 aliphatic heterocycles. The van der Waals surface area contributed by atoms with E-state index in [0.717, 1.165) is 26.7 Å². The van der Waals surface area contributed by atoms with Crippen LogP contribution in [0.4, 0.5) is 0 Å². The Morgan fingerprint density at radius 3 is 2.45 bits per heavy atom. The molecule has 0 spiro atoms. The summed E-state index contributed by atoms with van der Waals surface area (Å²) in [5.74, 6) is 6.51. The van der Waals surface area contributed by atoms with E-state index in [0.29, 0.717) is 16.7 Å². The van der Waals surface area contributed by atoms with Gasteiger partial charge in [0.2, 0.25) is 0 Å². The van der Waals surface area contributed by atoms with E-state index in [2.05, 4.69) is 27.8 Å². The maximum atomic E-state index is 12.3. The van der Waals surface area contributed by atoms with Crippen LogP contribution in [0.2, 0.25) is 0 Å². The number of rotatable bonds is 4. The highest BCUT2D eigenvalue weighted by Gasteiger charge is 2.12. The van der Waals surface area contributed by atoms with Crippen molar-refractivity contribution < 1.29 is 8.42 Å². The summed E-state index contributed by atoms with van der Waals surface area (Å²) in [6.07, 6.45) is 3.59. The number of sulfone groups is 1. The van der Waals surface area contributed by atoms with Crippen LogP contribution in [-0.4, -0.2) is 19.2 Å². The highest BCUT2D eigenvalue weighted by molar-refractivity contribution is 9.10. The van der Waals surface area contributed by atoms with Gasteiger partial charge in [-0.3, -0.25) is 4.79 Å². The van der Waals surface area contributed by atoms with Crippen LogP contribution in [0.25, 0.3) is 10.9 Å². The molecule has 4 nitrogen and oxygen atoms in total. The van der Waals surface area contributed by atoms with Gasteiger partial charge in [-0.2, -0.15) is 0 Å². The molecule has 166 valence electrons. The lowest BCUT2D eigenvalue weighted by Crippen LogP contribution is -2.05. The molecule has 0 N–H and O–H groups in total. The van der Waals surface area contributed by atoms with Crippen molar-refractivity contribution in [1.29, 1.82) is 0 Å². The molecular formula is C27H22BrNO3S. The third kappa shape index (κ3) is 5.44. The monoisotopic (exact) mass is 519 g/mol. The zero-order valence-electron chi connectivity index (χ0n) is 18.2. The third-order valence-electron chi connectivity index (χ3n) is 5.52. The van der Waals surface area contributed by atoms with E-state index in [1.807, 2.05) is 66.2 Å². The zero-order chi connectivity index (χ0) is 23.6. The minimum Gasteiger partial charge on any atom is -0.350 e. The normalized spacial score (nSPS) is 12.2. The fourth-order valence-electron chi connectivity index (χ4n) is 3.72. The van der Waals surface area contributed by atoms with Crippen molar-refractivity contribution in [2.24, 2.45) is 7.05 Å². The topological polar surface area (TPSA) is 56.1 Å². The Kier molecular flexibility index (Phi) is 6.55. The van der Waals surface area contributed by atoms with Gasteiger partial charge in [0.25, 0.3) is 0 Å². The minimum atomic E-state index is -3.24. The minimum absolute atomic E-state index is 0.0266. The van der Waals surface area contributed by atoms with Crippen LogP contribution in [0, 0.1) is 11.8 Å². The van der Waals surface area contributed by atoms with Gasteiger partial charge in [-0.15, -0.1) is 0 Å². The molecule has 0 saturated heterocycles. The Balaban J connectivity index is 1.71. The van der Waals surface area contributed by atoms with Crippen molar-refractivity contribution in [3.05, 3.63) is 110 Å². The zero-order valence-corrected chi connectivity index (χ0v) is 20.7. The molecule has 0 aliphatic rings. The average Bonchev–Trinajstić information content (AvgIpc) is 2.79. The van der Waals surface area contributed by atoms with Gasteiger partial charge in [0.05, 0.1) is 10.4 Å². The van der Waals surface area contributed by atoms with Crippen LogP contribution in [-0.2, 0) is 23.3 Å². The lowest BCUT2D eigenvalue weighted by molar-refractivity contribution is 0.602. The molecular weight excluding hydrogens is 498 g/mol. The molecule has 3 aromatic carbocycles. The first-order valence-corrected chi connectivity index (χ1v) is 13.0. The van der Waals surface area contributed by atoms with Crippen LogP contribution in [0.1, 0.15) is 22.6 Å². The summed E-state index contributed by atoms with van der Waals surface area (Å²) in [7, 11) is -1.33. The standard InChI is InChI=1S/C27H22BrNO3S/c1-29-15-14-27(30)25-17-20(9-13-26(25)29)6-10-22(21-4-3-5-23(28)18-21)16-19-7-11-24(12-8-19)33(2,31)32/h3-5,7-9,11-15,17-18,22H,16H2,1-2H3. The third-order valence-corrected chi connectivity index (χ3v) is 7.15. The fraction of sp³-hybridized carbons (Fsp3) is 0.148. The van der Waals surface area contributed by atoms with Gasteiger partial charge in [-0.05, 0) is 60.0 Å². The number of aromatic nitrogens is 1. The highest BCUT2D eigenvalue weighted by Crippen LogP contribution is 2.24. The lowest BCUT2D eigenvalue weighted by atomic mass is 9.92. The summed E-state index contributed by atoms with van der Waals surface area (Å²) in [6, 6.07) is 22.2. The number of fused-ring (bicyclic) bond motifs is 1. The number of hydrogen-bond acceptors (Lipinski definition) is 3. The number of nitrogens with zero attached hydrogens (tertiary/aromatic N) is 1. The molecule has 0 amide bonds. The quantitative estimate of drug-likeness (QED) is 0.353. The molecule has 0 radical (unpaired) electrons. The summed E-state index contributed by atoms with van der Waals surface area (Å²) in [5, 5.41) is 0.641. The Morgan fingerprint density at radius 1 is 1.00 bits per heavy atom.